The van der Waals surface area contributed by atoms with Crippen LogP contribution in [0, 0.1) is 12.7 Å². The van der Waals surface area contributed by atoms with Gasteiger partial charge >= 0.3 is 5.97 Å². The average molecular weight is 296 g/mol. The highest BCUT2D eigenvalue weighted by Crippen LogP contribution is 2.21. The Morgan fingerprint density at radius 2 is 1.86 bits per heavy atom. The zero-order chi connectivity index (χ0) is 15.5. The highest BCUT2D eigenvalue weighted by molar-refractivity contribution is 5.90. The van der Waals surface area contributed by atoms with Gasteiger partial charge in [-0.2, -0.15) is 5.10 Å². The lowest BCUT2D eigenvalue weighted by atomic mass is 10.2. The lowest BCUT2D eigenvalue weighted by Crippen LogP contribution is -2.11. The molecule has 110 valence electrons. The van der Waals surface area contributed by atoms with Crippen LogP contribution in [-0.4, -0.2) is 15.7 Å². The van der Waals surface area contributed by atoms with Crippen molar-refractivity contribution in [3.05, 3.63) is 77.7 Å². The van der Waals surface area contributed by atoms with Crippen LogP contribution in [0.15, 0.2) is 60.7 Å². The Kier molecular flexibility index (Phi) is 3.70. The summed E-state index contributed by atoms with van der Waals surface area (Å²) < 4.78 is 20.2. The molecule has 0 N–H and O–H groups in total. The van der Waals surface area contributed by atoms with E-state index in [-0.39, 0.29) is 11.7 Å². The second-order valence-corrected chi connectivity index (χ2v) is 4.77. The number of hydrogen-bond acceptors (Lipinski definition) is 3. The molecule has 0 unspecified atom stereocenters. The Morgan fingerprint density at radius 3 is 2.59 bits per heavy atom. The van der Waals surface area contributed by atoms with E-state index in [1.807, 2.05) is 6.07 Å². The maximum atomic E-state index is 13.4. The van der Waals surface area contributed by atoms with Crippen LogP contribution in [0.4, 0.5) is 4.39 Å². The summed E-state index contributed by atoms with van der Waals surface area (Å²) in [5, 5.41) is 4.24. The number of nitrogens with zero attached hydrogens (tertiary/aromatic N) is 2. The van der Waals surface area contributed by atoms with Gasteiger partial charge in [-0.25, -0.2) is 13.9 Å². The van der Waals surface area contributed by atoms with Gasteiger partial charge in [0, 0.05) is 6.07 Å². The fraction of sp³-hybridized carbons (Fsp3) is 0.0588. The van der Waals surface area contributed by atoms with Crippen molar-refractivity contribution in [2.45, 2.75) is 6.92 Å². The molecule has 3 aromatic rings. The van der Waals surface area contributed by atoms with Gasteiger partial charge in [-0.3, -0.25) is 0 Å². The molecular weight excluding hydrogens is 283 g/mol. The second kappa shape index (κ2) is 5.81. The summed E-state index contributed by atoms with van der Waals surface area (Å²) in [6.45, 7) is 1.77. The van der Waals surface area contributed by atoms with E-state index in [0.29, 0.717) is 16.9 Å². The van der Waals surface area contributed by atoms with E-state index >= 15 is 0 Å². The first-order valence-corrected chi connectivity index (χ1v) is 6.73. The van der Waals surface area contributed by atoms with Crippen LogP contribution in [0.25, 0.3) is 5.69 Å². The molecule has 3 rings (SSSR count). The van der Waals surface area contributed by atoms with Gasteiger partial charge in [0.05, 0.1) is 16.9 Å². The number of esters is 1. The molecule has 0 fully saturated rings. The number of ether oxygens (including phenoxy) is 1. The summed E-state index contributed by atoms with van der Waals surface area (Å²) in [5.41, 5.74) is 1.59. The standard InChI is InChI=1S/C17H13FN2O2/c1-12-10-16(22-17(21)13-6-3-2-4-7-13)20(19-12)15-9-5-8-14(18)11-15/h2-11H,1H3. The SMILES string of the molecule is Cc1cc(OC(=O)c2ccccc2)n(-c2cccc(F)c2)n1. The average Bonchev–Trinajstić information content (AvgIpc) is 2.89. The smallest absolute Gasteiger partial charge is 0.344 e. The Hall–Kier alpha value is -2.95. The Bertz CT molecular complexity index is 813. The minimum Gasteiger partial charge on any atom is -0.404 e. The van der Waals surface area contributed by atoms with Crippen LogP contribution in [0.1, 0.15) is 16.1 Å². The van der Waals surface area contributed by atoms with E-state index < -0.39 is 5.97 Å². The van der Waals surface area contributed by atoms with Crippen molar-refractivity contribution in [3.63, 3.8) is 0 Å². The van der Waals surface area contributed by atoms with E-state index in [1.165, 1.54) is 16.8 Å². The van der Waals surface area contributed by atoms with Gasteiger partial charge in [0.2, 0.25) is 5.88 Å². The van der Waals surface area contributed by atoms with Crippen molar-refractivity contribution in [2.75, 3.05) is 0 Å². The van der Waals surface area contributed by atoms with Crippen LogP contribution in [0.3, 0.4) is 0 Å². The first kappa shape index (κ1) is 14.0. The summed E-state index contributed by atoms with van der Waals surface area (Å²) in [6.07, 6.45) is 0. The Balaban J connectivity index is 1.94. The number of carbonyl (C=O) groups is 1. The quantitative estimate of drug-likeness (QED) is 0.694. The van der Waals surface area contributed by atoms with Gasteiger partial charge in [-0.1, -0.05) is 24.3 Å². The molecule has 22 heavy (non-hydrogen) atoms. The molecule has 4 nitrogen and oxygen atoms in total. The number of aryl methyl sites for hydroxylation is 1. The molecule has 0 aliphatic rings. The normalized spacial score (nSPS) is 10.5. The van der Waals surface area contributed by atoms with Crippen LogP contribution < -0.4 is 4.74 Å². The van der Waals surface area contributed by atoms with Gasteiger partial charge in [0.1, 0.15) is 5.82 Å². The minimum absolute atomic E-state index is 0.247. The number of halogens is 1. The molecule has 0 aliphatic heterocycles. The zero-order valence-electron chi connectivity index (χ0n) is 11.9. The van der Waals surface area contributed by atoms with Gasteiger partial charge in [-0.05, 0) is 37.3 Å². The van der Waals surface area contributed by atoms with Crippen LogP contribution >= 0.6 is 0 Å². The highest BCUT2D eigenvalue weighted by atomic mass is 19.1. The van der Waals surface area contributed by atoms with Crippen molar-refractivity contribution in [1.82, 2.24) is 9.78 Å². The monoisotopic (exact) mass is 296 g/mol. The third kappa shape index (κ3) is 2.88. The molecule has 2 aromatic carbocycles. The maximum Gasteiger partial charge on any atom is 0.344 e. The molecule has 0 bridgehead atoms. The molecular formula is C17H13FN2O2. The number of benzene rings is 2. The Morgan fingerprint density at radius 1 is 1.09 bits per heavy atom. The van der Waals surface area contributed by atoms with Crippen LogP contribution in [0.5, 0.6) is 5.88 Å². The molecule has 0 radical (unpaired) electrons. The summed E-state index contributed by atoms with van der Waals surface area (Å²) in [4.78, 5) is 12.1. The number of aromatic nitrogens is 2. The summed E-state index contributed by atoms with van der Waals surface area (Å²) >= 11 is 0. The lowest BCUT2D eigenvalue weighted by Gasteiger charge is -2.08. The second-order valence-electron chi connectivity index (χ2n) is 4.77. The van der Waals surface area contributed by atoms with Crippen molar-refractivity contribution < 1.29 is 13.9 Å². The number of carbonyl (C=O) groups excluding carboxylic acids is 1. The fourth-order valence-corrected chi connectivity index (χ4v) is 2.07. The number of hydrogen-bond donors (Lipinski definition) is 0. The summed E-state index contributed by atoms with van der Waals surface area (Å²) in [7, 11) is 0. The predicted octanol–water partition coefficient (Wildman–Crippen LogP) is 3.54. The van der Waals surface area contributed by atoms with E-state index in [9.17, 15) is 9.18 Å². The predicted molar refractivity (Wildman–Crippen MR) is 79.7 cm³/mol. The molecule has 0 aliphatic carbocycles. The molecule has 0 amide bonds. The third-order valence-electron chi connectivity index (χ3n) is 3.06. The fourth-order valence-electron chi connectivity index (χ4n) is 2.07. The molecule has 0 atom stereocenters. The topological polar surface area (TPSA) is 44.1 Å². The molecule has 0 saturated carbocycles. The van der Waals surface area contributed by atoms with Gasteiger partial charge < -0.3 is 4.74 Å². The van der Waals surface area contributed by atoms with E-state index in [1.54, 1.807) is 49.4 Å². The summed E-state index contributed by atoms with van der Waals surface area (Å²) in [5.74, 6) is -0.624. The number of rotatable bonds is 3. The molecule has 0 saturated heterocycles. The first-order valence-electron chi connectivity index (χ1n) is 6.73. The van der Waals surface area contributed by atoms with Gasteiger partial charge in [0.25, 0.3) is 0 Å². The third-order valence-corrected chi connectivity index (χ3v) is 3.06. The molecule has 1 heterocycles. The first-order chi connectivity index (χ1) is 10.6. The molecule has 5 heteroatoms. The summed E-state index contributed by atoms with van der Waals surface area (Å²) in [6, 6.07) is 16.2. The van der Waals surface area contributed by atoms with Gasteiger partial charge in [0.15, 0.2) is 0 Å². The van der Waals surface area contributed by atoms with Crippen LogP contribution in [0.2, 0.25) is 0 Å². The molecule has 1 aromatic heterocycles. The van der Waals surface area contributed by atoms with E-state index in [2.05, 4.69) is 5.10 Å². The minimum atomic E-state index is -0.488. The highest BCUT2D eigenvalue weighted by Gasteiger charge is 2.14. The van der Waals surface area contributed by atoms with Crippen molar-refractivity contribution in [3.8, 4) is 11.6 Å². The Labute approximate surface area is 126 Å². The van der Waals surface area contributed by atoms with E-state index in [0.717, 1.165) is 0 Å². The maximum absolute atomic E-state index is 13.4. The van der Waals surface area contributed by atoms with Gasteiger partial charge in [-0.15, -0.1) is 0 Å². The molecule has 0 spiro atoms. The lowest BCUT2D eigenvalue weighted by molar-refractivity contribution is 0.0723. The zero-order valence-corrected chi connectivity index (χ0v) is 11.9. The van der Waals surface area contributed by atoms with Crippen molar-refractivity contribution in [2.24, 2.45) is 0 Å². The largest absolute Gasteiger partial charge is 0.404 e. The van der Waals surface area contributed by atoms with Crippen molar-refractivity contribution >= 4 is 5.97 Å². The van der Waals surface area contributed by atoms with E-state index in [4.69, 9.17) is 4.74 Å². The van der Waals surface area contributed by atoms with Crippen molar-refractivity contribution in [1.29, 1.82) is 0 Å². The van der Waals surface area contributed by atoms with Crippen LogP contribution in [-0.2, 0) is 0 Å².